The molecule has 1 atom stereocenters. The lowest BCUT2D eigenvalue weighted by molar-refractivity contribution is -0.384. The van der Waals surface area contributed by atoms with Gasteiger partial charge in [-0.3, -0.25) is 10.1 Å². The predicted octanol–water partition coefficient (Wildman–Crippen LogP) is 3.68. The lowest BCUT2D eigenvalue weighted by atomic mass is 10.1. The van der Waals surface area contributed by atoms with E-state index in [-0.39, 0.29) is 11.8 Å². The highest BCUT2D eigenvalue weighted by Gasteiger charge is 2.24. The number of rotatable bonds is 5. The van der Waals surface area contributed by atoms with E-state index >= 15 is 0 Å². The molecule has 9 heteroatoms. The van der Waals surface area contributed by atoms with Crippen LogP contribution in [-0.2, 0) is 0 Å². The van der Waals surface area contributed by atoms with E-state index in [1.807, 2.05) is 37.3 Å². The highest BCUT2D eigenvalue weighted by molar-refractivity contribution is 7.99. The number of thioether (sulfide) groups is 1. The molecule has 1 aromatic heterocycles. The Morgan fingerprint density at radius 3 is 2.59 bits per heavy atom. The minimum Gasteiger partial charge on any atom is -0.483 e. The number of nitro groups is 1. The topological polar surface area (TPSA) is 95.4 Å². The summed E-state index contributed by atoms with van der Waals surface area (Å²) in [4.78, 5) is 10.4. The van der Waals surface area contributed by atoms with Crippen molar-refractivity contribution >= 4 is 23.2 Å². The average Bonchev–Trinajstić information content (AvgIpc) is 3.12. The first-order valence-electron chi connectivity index (χ1n) is 8.24. The Hall–Kier alpha value is -3.20. The molecule has 0 N–H and O–H groups in total. The summed E-state index contributed by atoms with van der Waals surface area (Å²) in [6.45, 7) is 1.89. The van der Waals surface area contributed by atoms with Gasteiger partial charge in [0.1, 0.15) is 5.75 Å². The monoisotopic (exact) mass is 381 g/mol. The highest BCUT2D eigenvalue weighted by Crippen LogP contribution is 2.28. The molecule has 0 bridgehead atoms. The van der Waals surface area contributed by atoms with E-state index in [9.17, 15) is 10.1 Å². The van der Waals surface area contributed by atoms with Gasteiger partial charge in [0.05, 0.1) is 10.6 Å². The summed E-state index contributed by atoms with van der Waals surface area (Å²) in [5.74, 6) is 1.95. The molecule has 3 aromatic rings. The summed E-state index contributed by atoms with van der Waals surface area (Å²) in [5, 5.41) is 24.6. The summed E-state index contributed by atoms with van der Waals surface area (Å²) in [6, 6.07) is 15.9. The molecule has 0 radical (unpaired) electrons. The summed E-state index contributed by atoms with van der Waals surface area (Å²) in [7, 11) is 0. The molecule has 0 aliphatic carbocycles. The number of hydrogen-bond donors (Lipinski definition) is 0. The van der Waals surface area contributed by atoms with E-state index in [2.05, 4.69) is 15.3 Å². The molecular formula is C18H15N5O3S. The number of fused-ring (bicyclic) bond motifs is 1. The largest absolute Gasteiger partial charge is 0.483 e. The van der Waals surface area contributed by atoms with Gasteiger partial charge in [-0.05, 0) is 36.8 Å². The van der Waals surface area contributed by atoms with E-state index in [1.165, 1.54) is 23.9 Å². The standard InChI is InChI=1S/C18H15N5O3S/c1-12(26-15-5-3-2-4-6-15)17-19-20-18-22(17)21-16(11-27-18)13-7-9-14(10-8-13)23(24)25/h2-10,12H,11H2,1H3/t12-/m0/s1. The van der Waals surface area contributed by atoms with Gasteiger partial charge < -0.3 is 4.74 Å². The van der Waals surface area contributed by atoms with Crippen LogP contribution in [0.2, 0.25) is 0 Å². The molecule has 0 spiro atoms. The van der Waals surface area contributed by atoms with Crippen molar-refractivity contribution in [2.45, 2.75) is 18.2 Å². The molecule has 136 valence electrons. The molecule has 1 aliphatic rings. The first-order chi connectivity index (χ1) is 13.1. The summed E-state index contributed by atoms with van der Waals surface area (Å²) in [6.07, 6.45) is -0.339. The van der Waals surface area contributed by atoms with Gasteiger partial charge in [0.25, 0.3) is 5.69 Å². The first-order valence-corrected chi connectivity index (χ1v) is 9.23. The van der Waals surface area contributed by atoms with E-state index in [4.69, 9.17) is 4.74 Å². The minimum atomic E-state index is -0.417. The number of hydrogen-bond acceptors (Lipinski definition) is 7. The normalized spacial score (nSPS) is 14.2. The third kappa shape index (κ3) is 3.54. The smallest absolute Gasteiger partial charge is 0.269 e. The predicted molar refractivity (Wildman–Crippen MR) is 101 cm³/mol. The van der Waals surface area contributed by atoms with Crippen LogP contribution in [0.15, 0.2) is 64.9 Å². The lowest BCUT2D eigenvalue weighted by Gasteiger charge is -2.17. The second-order valence-electron chi connectivity index (χ2n) is 5.87. The molecule has 2 heterocycles. The van der Waals surface area contributed by atoms with Gasteiger partial charge in [-0.2, -0.15) is 9.78 Å². The maximum atomic E-state index is 10.8. The zero-order valence-electron chi connectivity index (χ0n) is 14.3. The van der Waals surface area contributed by atoms with Crippen LogP contribution in [0.1, 0.15) is 24.4 Å². The van der Waals surface area contributed by atoms with E-state index in [0.717, 1.165) is 17.0 Å². The molecular weight excluding hydrogens is 366 g/mol. The van der Waals surface area contributed by atoms with Crippen molar-refractivity contribution in [1.82, 2.24) is 14.9 Å². The molecule has 0 amide bonds. The van der Waals surface area contributed by atoms with Gasteiger partial charge in [-0.25, -0.2) is 0 Å². The number of nitrogens with zero attached hydrogens (tertiary/aromatic N) is 5. The summed E-state index contributed by atoms with van der Waals surface area (Å²) < 4.78 is 7.61. The summed E-state index contributed by atoms with van der Waals surface area (Å²) >= 11 is 1.52. The van der Waals surface area contributed by atoms with Crippen molar-refractivity contribution in [3.63, 3.8) is 0 Å². The molecule has 2 aromatic carbocycles. The number of benzene rings is 2. The van der Waals surface area contributed by atoms with E-state index in [1.54, 1.807) is 16.8 Å². The number of ether oxygens (including phenoxy) is 1. The number of non-ortho nitro benzene ring substituents is 1. The van der Waals surface area contributed by atoms with Crippen LogP contribution in [0, 0.1) is 10.1 Å². The Morgan fingerprint density at radius 1 is 1.15 bits per heavy atom. The van der Waals surface area contributed by atoms with Gasteiger partial charge in [0, 0.05) is 17.9 Å². The van der Waals surface area contributed by atoms with Gasteiger partial charge in [-0.1, -0.05) is 30.0 Å². The summed E-state index contributed by atoms with van der Waals surface area (Å²) in [5.41, 5.74) is 1.68. The van der Waals surface area contributed by atoms with Gasteiger partial charge in [0.2, 0.25) is 5.16 Å². The minimum absolute atomic E-state index is 0.0540. The Labute approximate surface area is 159 Å². The third-order valence-corrected chi connectivity index (χ3v) is 4.96. The quantitative estimate of drug-likeness (QED) is 0.494. The zero-order valence-corrected chi connectivity index (χ0v) is 15.2. The van der Waals surface area contributed by atoms with E-state index < -0.39 is 4.92 Å². The lowest BCUT2D eigenvalue weighted by Crippen LogP contribution is -2.17. The van der Waals surface area contributed by atoms with Crippen molar-refractivity contribution in [1.29, 1.82) is 0 Å². The number of para-hydroxylation sites is 1. The van der Waals surface area contributed by atoms with Crippen molar-refractivity contribution < 1.29 is 9.66 Å². The zero-order chi connectivity index (χ0) is 18.8. The molecule has 27 heavy (non-hydrogen) atoms. The van der Waals surface area contributed by atoms with Gasteiger partial charge in [-0.15, -0.1) is 10.2 Å². The van der Waals surface area contributed by atoms with Crippen LogP contribution in [0.25, 0.3) is 0 Å². The molecule has 8 nitrogen and oxygen atoms in total. The highest BCUT2D eigenvalue weighted by atomic mass is 32.2. The fourth-order valence-electron chi connectivity index (χ4n) is 2.67. The van der Waals surface area contributed by atoms with Gasteiger partial charge >= 0.3 is 0 Å². The Balaban J connectivity index is 1.61. The van der Waals surface area contributed by atoms with Crippen molar-refractivity contribution in [2.75, 3.05) is 5.75 Å². The van der Waals surface area contributed by atoms with Crippen molar-refractivity contribution in [3.05, 3.63) is 76.1 Å². The molecule has 0 fully saturated rings. The second kappa shape index (κ2) is 7.20. The van der Waals surface area contributed by atoms with Crippen LogP contribution < -0.4 is 4.74 Å². The molecule has 1 aliphatic heterocycles. The second-order valence-corrected chi connectivity index (χ2v) is 6.81. The molecule has 4 rings (SSSR count). The number of nitro benzene ring substituents is 1. The fraction of sp³-hybridized carbons (Fsp3) is 0.167. The van der Waals surface area contributed by atoms with Crippen molar-refractivity contribution in [2.24, 2.45) is 5.10 Å². The average molecular weight is 381 g/mol. The Kier molecular flexibility index (Phi) is 4.59. The first kappa shape index (κ1) is 17.2. The van der Waals surface area contributed by atoms with Gasteiger partial charge in [0.15, 0.2) is 11.9 Å². The third-order valence-electron chi connectivity index (χ3n) is 4.03. The Bertz CT molecular complexity index is 1000. The van der Waals surface area contributed by atoms with Crippen LogP contribution in [0.4, 0.5) is 5.69 Å². The molecule has 0 saturated carbocycles. The molecule has 0 unspecified atom stereocenters. The van der Waals surface area contributed by atoms with Crippen LogP contribution in [-0.4, -0.2) is 31.3 Å². The fourth-order valence-corrected chi connectivity index (χ4v) is 3.51. The SMILES string of the molecule is C[C@H](Oc1ccccc1)c1nnc2n1N=C(c1ccc([N+](=O)[O-])cc1)CS2. The van der Waals surface area contributed by atoms with Crippen LogP contribution in [0.5, 0.6) is 5.75 Å². The maximum Gasteiger partial charge on any atom is 0.269 e. The van der Waals surface area contributed by atoms with Crippen LogP contribution >= 0.6 is 11.8 Å². The van der Waals surface area contributed by atoms with Crippen molar-refractivity contribution in [3.8, 4) is 5.75 Å². The number of aromatic nitrogens is 3. The van der Waals surface area contributed by atoms with Crippen LogP contribution in [0.3, 0.4) is 0 Å². The maximum absolute atomic E-state index is 10.8. The van der Waals surface area contributed by atoms with E-state index in [0.29, 0.717) is 16.7 Å². The molecule has 0 saturated heterocycles. The Morgan fingerprint density at radius 2 is 1.89 bits per heavy atom.